The summed E-state index contributed by atoms with van der Waals surface area (Å²) in [4.78, 5) is 0. The summed E-state index contributed by atoms with van der Waals surface area (Å²) in [7, 11) is 0. The molecule has 4 aromatic carbocycles. The average Bonchev–Trinajstić information content (AvgIpc) is 2.97. The number of alkyl halides is 6. The van der Waals surface area contributed by atoms with Crippen molar-refractivity contribution in [1.82, 2.24) is 0 Å². The first-order chi connectivity index (χ1) is 21.8. The minimum absolute atomic E-state index is 0.0110. The Labute approximate surface area is 269 Å². The number of halogens is 6. The predicted octanol–water partition coefficient (Wildman–Crippen LogP) is 10.6. The molecule has 0 spiro atoms. The van der Waals surface area contributed by atoms with E-state index < -0.39 is 39.9 Å². The molecule has 0 aromatic heterocycles. The molecule has 0 aliphatic carbocycles. The van der Waals surface area contributed by atoms with Crippen LogP contribution in [0, 0.1) is 29.6 Å². The number of nitrogens with zero attached hydrogens (tertiary/aromatic N) is 2. The third-order valence-corrected chi connectivity index (χ3v) is 8.01. The minimum Gasteiger partial charge on any atom is -0.483 e. The lowest BCUT2D eigenvalue weighted by molar-refractivity contribution is -0.288. The Bertz CT molecular complexity index is 1820. The normalized spacial score (nSPS) is 12.6. The molecule has 4 nitrogen and oxygen atoms in total. The van der Waals surface area contributed by atoms with Crippen LogP contribution in [0.1, 0.15) is 73.6 Å². The Morgan fingerprint density at radius 1 is 0.574 bits per heavy atom. The van der Waals surface area contributed by atoms with Gasteiger partial charge in [-0.25, -0.2) is 0 Å². The molecule has 0 aliphatic heterocycles. The molecule has 0 aliphatic rings. The van der Waals surface area contributed by atoms with Gasteiger partial charge in [-0.1, -0.05) is 75.4 Å². The van der Waals surface area contributed by atoms with Crippen LogP contribution in [0.2, 0.25) is 0 Å². The van der Waals surface area contributed by atoms with Gasteiger partial charge in [0.15, 0.2) is 0 Å². The van der Waals surface area contributed by atoms with E-state index in [1.165, 1.54) is 6.07 Å². The quantitative estimate of drug-likeness (QED) is 0.187. The zero-order chi connectivity index (χ0) is 35.0. The summed E-state index contributed by atoms with van der Waals surface area (Å²) in [6.07, 6.45) is -11.6. The fourth-order valence-corrected chi connectivity index (χ4v) is 5.68. The van der Waals surface area contributed by atoms with Crippen molar-refractivity contribution in [3.05, 3.63) is 124 Å². The van der Waals surface area contributed by atoms with Crippen molar-refractivity contribution in [3.8, 4) is 29.4 Å². The molecule has 0 heterocycles. The first-order valence-corrected chi connectivity index (χ1v) is 14.5. The van der Waals surface area contributed by atoms with Gasteiger partial charge in [-0.3, -0.25) is 0 Å². The Morgan fingerprint density at radius 3 is 1.51 bits per heavy atom. The second-order valence-corrected chi connectivity index (χ2v) is 12.7. The van der Waals surface area contributed by atoms with E-state index in [2.05, 4.69) is 12.1 Å². The van der Waals surface area contributed by atoms with Crippen molar-refractivity contribution < 1.29 is 35.8 Å². The fourth-order valence-electron chi connectivity index (χ4n) is 5.68. The molecule has 244 valence electrons. The maximum Gasteiger partial charge on any atom is 0.411 e. The zero-order valence-electron chi connectivity index (χ0n) is 26.6. The zero-order valence-corrected chi connectivity index (χ0v) is 26.6. The molecular weight excluding hydrogens is 618 g/mol. The summed E-state index contributed by atoms with van der Waals surface area (Å²) in [5.41, 5.74) is -5.64. The standard InChI is InChI=1S/C37H32F6N2O2/c1-23-9-7-11-31(28(23)21-44)34(5,6)47-27-19-15-25(16-20-27)35(36(38,39)40,37(41,42)43)24-13-17-26(18-14-24)46-32-12-8-10-30(29(32)22-45)33(2,3)4/h7-20H,1-6H3. The maximum absolute atomic E-state index is 14.8. The lowest BCUT2D eigenvalue weighted by Crippen LogP contribution is -2.54. The Kier molecular flexibility index (Phi) is 9.16. The molecule has 47 heavy (non-hydrogen) atoms. The monoisotopic (exact) mass is 650 g/mol. The van der Waals surface area contributed by atoms with Crippen LogP contribution in [0.5, 0.6) is 17.2 Å². The molecule has 0 fully saturated rings. The molecule has 0 bridgehead atoms. The molecule has 0 unspecified atom stereocenters. The van der Waals surface area contributed by atoms with Gasteiger partial charge in [0.25, 0.3) is 0 Å². The Balaban J connectivity index is 1.75. The Hall–Kier alpha value is -4.96. The van der Waals surface area contributed by atoms with Crippen molar-refractivity contribution in [2.45, 2.75) is 70.3 Å². The lowest BCUT2D eigenvalue weighted by Gasteiger charge is -2.38. The fraction of sp³-hybridized carbons (Fsp3) is 0.297. The van der Waals surface area contributed by atoms with Gasteiger partial charge in [0.05, 0.1) is 17.2 Å². The number of benzene rings is 4. The number of rotatable bonds is 7. The van der Waals surface area contributed by atoms with Crippen molar-refractivity contribution in [1.29, 1.82) is 10.5 Å². The number of ether oxygens (including phenoxy) is 2. The minimum atomic E-state index is -5.80. The first kappa shape index (κ1) is 34.9. The number of nitriles is 2. The molecule has 0 atom stereocenters. The summed E-state index contributed by atoms with van der Waals surface area (Å²) in [6, 6.07) is 21.3. The highest BCUT2D eigenvalue weighted by Crippen LogP contribution is 2.56. The van der Waals surface area contributed by atoms with Gasteiger partial charge in [-0.05, 0) is 78.8 Å². The van der Waals surface area contributed by atoms with E-state index in [0.717, 1.165) is 48.5 Å². The highest BCUT2D eigenvalue weighted by atomic mass is 19.4. The summed E-state index contributed by atoms with van der Waals surface area (Å²) >= 11 is 0. The average molecular weight is 651 g/mol. The maximum atomic E-state index is 14.8. The second-order valence-electron chi connectivity index (χ2n) is 12.7. The molecule has 0 N–H and O–H groups in total. The molecule has 0 saturated carbocycles. The third-order valence-electron chi connectivity index (χ3n) is 8.01. The molecule has 4 aromatic rings. The van der Waals surface area contributed by atoms with Crippen molar-refractivity contribution in [2.24, 2.45) is 0 Å². The van der Waals surface area contributed by atoms with E-state index in [0.29, 0.717) is 22.3 Å². The molecule has 4 rings (SSSR count). The lowest BCUT2D eigenvalue weighted by atomic mass is 9.73. The van der Waals surface area contributed by atoms with Gasteiger partial charge in [0, 0.05) is 5.56 Å². The van der Waals surface area contributed by atoms with Crippen LogP contribution in [0.15, 0.2) is 84.9 Å². The van der Waals surface area contributed by atoms with E-state index in [-0.39, 0.29) is 22.8 Å². The van der Waals surface area contributed by atoms with Gasteiger partial charge < -0.3 is 9.47 Å². The van der Waals surface area contributed by atoms with Gasteiger partial charge in [0.1, 0.15) is 28.9 Å². The highest BCUT2D eigenvalue weighted by molar-refractivity contribution is 5.54. The van der Waals surface area contributed by atoms with E-state index in [9.17, 15) is 36.9 Å². The van der Waals surface area contributed by atoms with Gasteiger partial charge in [-0.2, -0.15) is 36.9 Å². The highest BCUT2D eigenvalue weighted by Gasteiger charge is 2.72. The summed E-state index contributed by atoms with van der Waals surface area (Å²) in [5.74, 6) is 0.0852. The second kappa shape index (κ2) is 12.3. The number of aryl methyl sites for hydroxylation is 1. The molecule has 0 radical (unpaired) electrons. The van der Waals surface area contributed by atoms with Crippen LogP contribution in [0.3, 0.4) is 0 Å². The van der Waals surface area contributed by atoms with E-state index >= 15 is 0 Å². The van der Waals surface area contributed by atoms with Crippen LogP contribution in [0.25, 0.3) is 0 Å². The molecule has 0 saturated heterocycles. The largest absolute Gasteiger partial charge is 0.483 e. The van der Waals surface area contributed by atoms with E-state index in [4.69, 9.17) is 9.47 Å². The van der Waals surface area contributed by atoms with Crippen LogP contribution in [0.4, 0.5) is 26.3 Å². The summed E-state index contributed by atoms with van der Waals surface area (Å²) < 4.78 is 101. The number of hydrogen-bond acceptors (Lipinski definition) is 4. The third kappa shape index (κ3) is 6.51. The van der Waals surface area contributed by atoms with Gasteiger partial charge in [-0.15, -0.1) is 0 Å². The van der Waals surface area contributed by atoms with Crippen molar-refractivity contribution >= 4 is 0 Å². The van der Waals surface area contributed by atoms with E-state index in [1.807, 2.05) is 20.8 Å². The SMILES string of the molecule is Cc1cccc(C(C)(C)Oc2ccc(C(c3ccc(Oc4cccc(C(C)(C)C)c4C#N)cc3)(C(F)(F)F)C(F)(F)F)cc2)c1C#N. The topological polar surface area (TPSA) is 66.0 Å². The molecular formula is C37H32F6N2O2. The summed E-state index contributed by atoms with van der Waals surface area (Å²) in [5, 5.41) is 19.4. The van der Waals surface area contributed by atoms with E-state index in [1.54, 1.807) is 51.1 Å². The molecule has 10 heteroatoms. The predicted molar refractivity (Wildman–Crippen MR) is 165 cm³/mol. The van der Waals surface area contributed by atoms with Gasteiger partial charge >= 0.3 is 12.4 Å². The van der Waals surface area contributed by atoms with Gasteiger partial charge in [0.2, 0.25) is 5.41 Å². The smallest absolute Gasteiger partial charge is 0.411 e. The van der Waals surface area contributed by atoms with Crippen LogP contribution < -0.4 is 9.47 Å². The van der Waals surface area contributed by atoms with Crippen LogP contribution >= 0.6 is 0 Å². The number of hydrogen-bond donors (Lipinski definition) is 0. The summed E-state index contributed by atoms with van der Waals surface area (Å²) in [6.45, 7) is 10.7. The van der Waals surface area contributed by atoms with Crippen molar-refractivity contribution in [2.75, 3.05) is 0 Å². The van der Waals surface area contributed by atoms with Crippen molar-refractivity contribution in [3.63, 3.8) is 0 Å². The van der Waals surface area contributed by atoms with Crippen LogP contribution in [-0.4, -0.2) is 12.4 Å². The van der Waals surface area contributed by atoms with Crippen LogP contribution in [-0.2, 0) is 16.4 Å². The Morgan fingerprint density at radius 2 is 1.04 bits per heavy atom. The first-order valence-electron chi connectivity index (χ1n) is 14.5. The molecule has 0 amide bonds.